The molecule has 4 rings (SSSR count). The number of carbonyl (C=O) groups excluding carboxylic acids is 1. The molecule has 0 spiro atoms. The van der Waals surface area contributed by atoms with Gasteiger partial charge < -0.3 is 15.4 Å². The van der Waals surface area contributed by atoms with E-state index in [-0.39, 0.29) is 29.8 Å². The fourth-order valence-electron chi connectivity index (χ4n) is 3.12. The Morgan fingerprint density at radius 2 is 1.61 bits per heavy atom. The molecule has 1 amide bonds. The number of ether oxygens (including phenoxy) is 1. The summed E-state index contributed by atoms with van der Waals surface area (Å²) >= 11 is 0. The first-order valence-corrected chi connectivity index (χ1v) is 10.6. The smallest absolute Gasteiger partial charge is 0.278 e. The number of para-hydroxylation sites is 1. The minimum absolute atomic E-state index is 0.106. The number of halogens is 2. The highest BCUT2D eigenvalue weighted by atomic mass is 19.1. The second kappa shape index (κ2) is 11.1. The number of pyridine rings is 1. The third-order valence-electron chi connectivity index (χ3n) is 4.67. The standard InChI is InChI=1S/C23H20F2N8O3/c1-3-36-33-22(34)16-12-26-19(32-23-29-10-14(25)11-30-23)7-18(16)31-17-6-4-5-15(20(17)35-2)21-27-8-13(24)9-28-21/h4-12H,3H2,1-2H3,(H,33,34)(H2,26,29,30,31,32). The van der Waals surface area contributed by atoms with Crippen molar-refractivity contribution < 1.29 is 23.1 Å². The summed E-state index contributed by atoms with van der Waals surface area (Å²) in [4.78, 5) is 37.7. The largest absolute Gasteiger partial charge is 0.494 e. The van der Waals surface area contributed by atoms with E-state index in [4.69, 9.17) is 9.57 Å². The Hall–Kier alpha value is -4.78. The summed E-state index contributed by atoms with van der Waals surface area (Å²) in [5.74, 6) is -0.725. The summed E-state index contributed by atoms with van der Waals surface area (Å²) in [6.45, 7) is 1.98. The summed E-state index contributed by atoms with van der Waals surface area (Å²) in [6.07, 6.45) is 5.44. The van der Waals surface area contributed by atoms with Crippen LogP contribution < -0.4 is 20.9 Å². The molecule has 0 aliphatic heterocycles. The molecule has 3 heterocycles. The zero-order valence-electron chi connectivity index (χ0n) is 19.1. The molecule has 0 unspecified atom stereocenters. The molecule has 0 fully saturated rings. The average molecular weight is 494 g/mol. The number of aromatic nitrogens is 5. The third-order valence-corrected chi connectivity index (χ3v) is 4.67. The molecule has 184 valence electrons. The molecule has 13 heteroatoms. The molecule has 4 aromatic rings. The van der Waals surface area contributed by atoms with Gasteiger partial charge in [-0.05, 0) is 19.1 Å². The maximum Gasteiger partial charge on any atom is 0.278 e. The molecule has 0 radical (unpaired) electrons. The molecule has 0 saturated carbocycles. The number of rotatable bonds is 9. The number of hydrogen-bond acceptors (Lipinski definition) is 10. The van der Waals surface area contributed by atoms with E-state index in [0.29, 0.717) is 22.7 Å². The van der Waals surface area contributed by atoms with Crippen molar-refractivity contribution in [1.82, 2.24) is 30.4 Å². The van der Waals surface area contributed by atoms with E-state index < -0.39 is 17.5 Å². The third kappa shape index (κ3) is 5.64. The van der Waals surface area contributed by atoms with Gasteiger partial charge in [-0.25, -0.2) is 39.2 Å². The topological polar surface area (TPSA) is 136 Å². The molecule has 1 aromatic carbocycles. The van der Waals surface area contributed by atoms with Crippen LogP contribution >= 0.6 is 0 Å². The first-order chi connectivity index (χ1) is 17.5. The summed E-state index contributed by atoms with van der Waals surface area (Å²) in [6, 6.07) is 6.69. The summed E-state index contributed by atoms with van der Waals surface area (Å²) in [5.41, 5.74) is 3.76. The van der Waals surface area contributed by atoms with Crippen LogP contribution in [0.2, 0.25) is 0 Å². The van der Waals surface area contributed by atoms with Crippen molar-refractivity contribution in [3.8, 4) is 17.1 Å². The Morgan fingerprint density at radius 3 is 2.28 bits per heavy atom. The predicted molar refractivity (Wildman–Crippen MR) is 126 cm³/mol. The van der Waals surface area contributed by atoms with Crippen molar-refractivity contribution in [2.45, 2.75) is 6.92 Å². The van der Waals surface area contributed by atoms with Gasteiger partial charge in [0.05, 0.1) is 61.0 Å². The van der Waals surface area contributed by atoms with E-state index in [1.807, 2.05) is 0 Å². The van der Waals surface area contributed by atoms with Crippen molar-refractivity contribution in [2.24, 2.45) is 0 Å². The summed E-state index contributed by atoms with van der Waals surface area (Å²) < 4.78 is 32.1. The number of nitrogens with one attached hydrogen (secondary N) is 3. The Balaban J connectivity index is 1.72. The maximum absolute atomic E-state index is 13.3. The normalized spacial score (nSPS) is 10.6. The van der Waals surface area contributed by atoms with Gasteiger partial charge in [0.1, 0.15) is 5.82 Å². The van der Waals surface area contributed by atoms with E-state index in [2.05, 4.69) is 41.0 Å². The van der Waals surface area contributed by atoms with Gasteiger partial charge in [0.15, 0.2) is 23.2 Å². The highest BCUT2D eigenvalue weighted by Crippen LogP contribution is 2.37. The molecule has 0 bridgehead atoms. The van der Waals surface area contributed by atoms with Crippen LogP contribution in [0.25, 0.3) is 11.4 Å². The predicted octanol–water partition coefficient (Wildman–Crippen LogP) is 3.78. The van der Waals surface area contributed by atoms with Gasteiger partial charge in [-0.1, -0.05) is 6.07 Å². The van der Waals surface area contributed by atoms with Gasteiger partial charge in [0.25, 0.3) is 5.91 Å². The van der Waals surface area contributed by atoms with Crippen LogP contribution in [0.3, 0.4) is 0 Å². The molecule has 0 aliphatic rings. The number of amides is 1. The number of hydrogen-bond donors (Lipinski definition) is 3. The number of carbonyl (C=O) groups is 1. The van der Waals surface area contributed by atoms with Crippen LogP contribution in [0.15, 0.2) is 55.2 Å². The van der Waals surface area contributed by atoms with Crippen molar-refractivity contribution in [3.05, 3.63) is 72.4 Å². The van der Waals surface area contributed by atoms with Crippen LogP contribution in [0.1, 0.15) is 17.3 Å². The van der Waals surface area contributed by atoms with Gasteiger partial charge >= 0.3 is 0 Å². The molecule has 36 heavy (non-hydrogen) atoms. The first-order valence-electron chi connectivity index (χ1n) is 10.6. The Bertz CT molecular complexity index is 1350. The number of benzene rings is 1. The van der Waals surface area contributed by atoms with Gasteiger partial charge in [-0.2, -0.15) is 0 Å². The van der Waals surface area contributed by atoms with E-state index in [0.717, 1.165) is 24.8 Å². The van der Waals surface area contributed by atoms with Crippen LogP contribution in [0, 0.1) is 11.6 Å². The second-order valence-corrected chi connectivity index (χ2v) is 7.07. The number of nitrogens with zero attached hydrogens (tertiary/aromatic N) is 5. The van der Waals surface area contributed by atoms with E-state index in [1.54, 1.807) is 25.1 Å². The van der Waals surface area contributed by atoms with E-state index in [1.165, 1.54) is 19.4 Å². The van der Waals surface area contributed by atoms with Gasteiger partial charge in [0.2, 0.25) is 5.95 Å². The number of methoxy groups -OCH3 is 1. The molecular formula is C23H20F2N8O3. The number of hydroxylamine groups is 1. The van der Waals surface area contributed by atoms with Crippen molar-refractivity contribution in [3.63, 3.8) is 0 Å². The van der Waals surface area contributed by atoms with Crippen molar-refractivity contribution >= 4 is 29.0 Å². The Morgan fingerprint density at radius 1 is 0.917 bits per heavy atom. The van der Waals surface area contributed by atoms with Crippen LogP contribution in [-0.2, 0) is 4.84 Å². The zero-order valence-corrected chi connectivity index (χ0v) is 19.1. The lowest BCUT2D eigenvalue weighted by Crippen LogP contribution is -2.24. The quantitative estimate of drug-likeness (QED) is 0.295. The second-order valence-electron chi connectivity index (χ2n) is 7.07. The molecule has 11 nitrogen and oxygen atoms in total. The van der Waals surface area contributed by atoms with E-state index in [9.17, 15) is 13.6 Å². The highest BCUT2D eigenvalue weighted by Gasteiger charge is 2.18. The molecular weight excluding hydrogens is 474 g/mol. The lowest BCUT2D eigenvalue weighted by molar-refractivity contribution is 0.0365. The minimum atomic E-state index is -0.587. The lowest BCUT2D eigenvalue weighted by atomic mass is 10.1. The fourth-order valence-corrected chi connectivity index (χ4v) is 3.12. The fraction of sp³-hybridized carbons (Fsp3) is 0.130. The first kappa shape index (κ1) is 24.3. The number of anilines is 4. The molecule has 3 N–H and O–H groups in total. The summed E-state index contributed by atoms with van der Waals surface area (Å²) in [5, 5.41) is 6.00. The highest BCUT2D eigenvalue weighted by molar-refractivity contribution is 6.00. The lowest BCUT2D eigenvalue weighted by Gasteiger charge is -2.17. The van der Waals surface area contributed by atoms with Gasteiger partial charge in [-0.15, -0.1) is 0 Å². The van der Waals surface area contributed by atoms with Gasteiger partial charge in [-0.3, -0.25) is 9.63 Å². The zero-order chi connectivity index (χ0) is 25.5. The average Bonchev–Trinajstić information content (AvgIpc) is 2.89. The maximum atomic E-state index is 13.3. The SMILES string of the molecule is CCONC(=O)c1cnc(Nc2ncc(F)cn2)cc1Nc1cccc(-c2ncc(F)cn2)c1OC. The molecule has 0 aliphatic carbocycles. The van der Waals surface area contributed by atoms with Crippen LogP contribution in [0.5, 0.6) is 5.75 Å². The van der Waals surface area contributed by atoms with Crippen LogP contribution in [0.4, 0.5) is 31.9 Å². The molecule has 3 aromatic heterocycles. The summed E-state index contributed by atoms with van der Waals surface area (Å²) in [7, 11) is 1.46. The molecule has 0 saturated heterocycles. The molecule has 0 atom stereocenters. The minimum Gasteiger partial charge on any atom is -0.494 e. The Kier molecular flexibility index (Phi) is 7.51. The van der Waals surface area contributed by atoms with Gasteiger partial charge in [0, 0.05) is 12.3 Å². The van der Waals surface area contributed by atoms with Crippen molar-refractivity contribution in [2.75, 3.05) is 24.4 Å². The van der Waals surface area contributed by atoms with Crippen LogP contribution in [-0.4, -0.2) is 44.5 Å². The van der Waals surface area contributed by atoms with Crippen molar-refractivity contribution in [1.29, 1.82) is 0 Å². The van der Waals surface area contributed by atoms with E-state index >= 15 is 0 Å². The monoisotopic (exact) mass is 494 g/mol. The Labute approximate surface area is 203 Å².